The predicted octanol–water partition coefficient (Wildman–Crippen LogP) is 4.87. The molecule has 0 saturated carbocycles. The lowest BCUT2D eigenvalue weighted by atomic mass is 10.3. The van der Waals surface area contributed by atoms with Gasteiger partial charge in [0.25, 0.3) is 5.91 Å². The number of methoxy groups -OCH3 is 1. The smallest absolute Gasteiger partial charge is 0.322 e. The fraction of sp³-hybridized carbons (Fsp3) is 0.190. The van der Waals surface area contributed by atoms with Gasteiger partial charge in [-0.1, -0.05) is 29.8 Å². The molecule has 7 nitrogen and oxygen atoms in total. The number of thiazole rings is 1. The van der Waals surface area contributed by atoms with Crippen molar-refractivity contribution in [3.63, 3.8) is 0 Å². The summed E-state index contributed by atoms with van der Waals surface area (Å²) in [5.41, 5.74) is 0.777. The number of anilines is 2. The molecular weight excluding hydrogens is 443 g/mol. The number of para-hydroxylation sites is 1. The third-order valence-electron chi connectivity index (χ3n) is 4.16. The highest BCUT2D eigenvalue weighted by atomic mass is 35.5. The minimum Gasteiger partial charge on any atom is -0.383 e. The van der Waals surface area contributed by atoms with Crippen molar-refractivity contribution in [2.75, 3.05) is 30.9 Å². The molecule has 0 aliphatic heterocycles. The fourth-order valence-corrected chi connectivity index (χ4v) is 3.60. The SMILES string of the molecule is COCCN(Cc1nc(C(=O)Nc2ccccc2F)cs1)C(=O)Nc1cccc(Cl)c1. The number of benzene rings is 2. The number of carbonyl (C=O) groups is 2. The Morgan fingerprint density at radius 2 is 2.00 bits per heavy atom. The number of hydrogen-bond acceptors (Lipinski definition) is 5. The lowest BCUT2D eigenvalue weighted by Gasteiger charge is -2.21. The fourth-order valence-electron chi connectivity index (χ4n) is 2.62. The van der Waals surface area contributed by atoms with E-state index in [1.165, 1.54) is 34.4 Å². The number of carbonyl (C=O) groups excluding carboxylic acids is 2. The van der Waals surface area contributed by atoms with Crippen molar-refractivity contribution in [2.45, 2.75) is 6.54 Å². The lowest BCUT2D eigenvalue weighted by Crippen LogP contribution is -2.36. The van der Waals surface area contributed by atoms with Crippen molar-refractivity contribution in [3.05, 3.63) is 75.5 Å². The van der Waals surface area contributed by atoms with Crippen molar-refractivity contribution in [1.29, 1.82) is 0 Å². The van der Waals surface area contributed by atoms with E-state index in [0.717, 1.165) is 0 Å². The number of ether oxygens (including phenoxy) is 1. The van der Waals surface area contributed by atoms with Gasteiger partial charge in [0.15, 0.2) is 0 Å². The van der Waals surface area contributed by atoms with Gasteiger partial charge in [0.2, 0.25) is 0 Å². The third kappa shape index (κ3) is 6.48. The number of hydrogen-bond donors (Lipinski definition) is 2. The quantitative estimate of drug-likeness (QED) is 0.500. The Morgan fingerprint density at radius 3 is 2.74 bits per heavy atom. The molecule has 0 unspecified atom stereocenters. The van der Waals surface area contributed by atoms with E-state index in [1.54, 1.807) is 42.8 Å². The molecule has 0 bridgehead atoms. The summed E-state index contributed by atoms with van der Waals surface area (Å²) < 4.78 is 18.8. The van der Waals surface area contributed by atoms with Gasteiger partial charge >= 0.3 is 6.03 Å². The second-order valence-electron chi connectivity index (χ2n) is 6.42. The van der Waals surface area contributed by atoms with Crippen LogP contribution in [-0.2, 0) is 11.3 Å². The lowest BCUT2D eigenvalue weighted by molar-refractivity contribution is 0.102. The van der Waals surface area contributed by atoms with E-state index in [2.05, 4.69) is 15.6 Å². The Bertz CT molecular complexity index is 1060. The molecule has 0 aliphatic carbocycles. The monoisotopic (exact) mass is 462 g/mol. The molecule has 0 aliphatic rings. The van der Waals surface area contributed by atoms with Gasteiger partial charge in [-0.05, 0) is 30.3 Å². The number of halogens is 2. The highest BCUT2D eigenvalue weighted by Crippen LogP contribution is 2.19. The van der Waals surface area contributed by atoms with Crippen LogP contribution in [0.4, 0.5) is 20.6 Å². The van der Waals surface area contributed by atoms with E-state index in [-0.39, 0.29) is 24.0 Å². The molecule has 10 heteroatoms. The zero-order valence-electron chi connectivity index (χ0n) is 16.6. The molecule has 0 fully saturated rings. The van der Waals surface area contributed by atoms with Crippen molar-refractivity contribution in [1.82, 2.24) is 9.88 Å². The van der Waals surface area contributed by atoms with E-state index >= 15 is 0 Å². The van der Waals surface area contributed by atoms with E-state index in [9.17, 15) is 14.0 Å². The molecule has 2 aromatic carbocycles. The second-order valence-corrected chi connectivity index (χ2v) is 7.79. The molecule has 162 valence electrons. The van der Waals surface area contributed by atoms with Gasteiger partial charge in [0, 0.05) is 29.7 Å². The summed E-state index contributed by atoms with van der Waals surface area (Å²) in [5, 5.41) is 7.90. The Kier molecular flexibility index (Phi) is 7.94. The molecule has 31 heavy (non-hydrogen) atoms. The van der Waals surface area contributed by atoms with Gasteiger partial charge in [-0.25, -0.2) is 14.2 Å². The number of nitrogens with one attached hydrogen (secondary N) is 2. The van der Waals surface area contributed by atoms with Crippen LogP contribution in [0.3, 0.4) is 0 Å². The number of urea groups is 1. The average molecular weight is 463 g/mol. The minimum absolute atomic E-state index is 0.0738. The zero-order valence-corrected chi connectivity index (χ0v) is 18.2. The molecule has 1 aromatic heterocycles. The topological polar surface area (TPSA) is 83.6 Å². The normalized spacial score (nSPS) is 10.5. The molecular formula is C21H20ClFN4O3S. The summed E-state index contributed by atoms with van der Waals surface area (Å²) in [6, 6.07) is 12.3. The number of amides is 3. The predicted molar refractivity (Wildman–Crippen MR) is 119 cm³/mol. The van der Waals surface area contributed by atoms with Crippen molar-refractivity contribution < 1.29 is 18.7 Å². The summed E-state index contributed by atoms with van der Waals surface area (Å²) >= 11 is 7.20. The summed E-state index contributed by atoms with van der Waals surface area (Å²) in [7, 11) is 1.54. The molecule has 0 spiro atoms. The maximum absolute atomic E-state index is 13.8. The van der Waals surface area contributed by atoms with Gasteiger partial charge < -0.3 is 20.3 Å². The van der Waals surface area contributed by atoms with E-state index in [1.807, 2.05) is 0 Å². The first-order chi connectivity index (χ1) is 15.0. The van der Waals surface area contributed by atoms with Crippen LogP contribution in [0.2, 0.25) is 5.02 Å². The molecule has 0 radical (unpaired) electrons. The molecule has 3 rings (SSSR count). The molecule has 3 amide bonds. The highest BCUT2D eigenvalue weighted by Gasteiger charge is 2.18. The summed E-state index contributed by atoms with van der Waals surface area (Å²) in [6.07, 6.45) is 0. The standard InChI is InChI=1S/C21H20ClFN4O3S/c1-30-10-9-27(21(29)24-15-6-4-5-14(22)11-15)12-19-25-18(13-31-19)20(28)26-17-8-3-2-7-16(17)23/h2-8,11,13H,9-10,12H2,1H3,(H,24,29)(H,26,28). The number of aromatic nitrogens is 1. The third-order valence-corrected chi connectivity index (χ3v) is 5.23. The van der Waals surface area contributed by atoms with Crippen LogP contribution >= 0.6 is 22.9 Å². The molecule has 0 atom stereocenters. The second kappa shape index (κ2) is 10.9. The highest BCUT2D eigenvalue weighted by molar-refractivity contribution is 7.09. The molecule has 1 heterocycles. The van der Waals surface area contributed by atoms with Crippen molar-refractivity contribution in [2.24, 2.45) is 0 Å². The average Bonchev–Trinajstić information content (AvgIpc) is 3.21. The van der Waals surface area contributed by atoms with E-state index in [0.29, 0.717) is 28.9 Å². The van der Waals surface area contributed by atoms with Crippen LogP contribution in [0.5, 0.6) is 0 Å². The van der Waals surface area contributed by atoms with Crippen LogP contribution in [0.15, 0.2) is 53.9 Å². The van der Waals surface area contributed by atoms with Gasteiger partial charge in [-0.15, -0.1) is 11.3 Å². The maximum Gasteiger partial charge on any atom is 0.322 e. The Balaban J connectivity index is 1.67. The van der Waals surface area contributed by atoms with Crippen LogP contribution in [-0.4, -0.2) is 42.1 Å². The van der Waals surface area contributed by atoms with E-state index < -0.39 is 11.7 Å². The molecule has 3 aromatic rings. The van der Waals surface area contributed by atoms with Crippen LogP contribution in [0, 0.1) is 5.82 Å². The van der Waals surface area contributed by atoms with Gasteiger partial charge in [-0.3, -0.25) is 4.79 Å². The number of nitrogens with zero attached hydrogens (tertiary/aromatic N) is 2. The van der Waals surface area contributed by atoms with Crippen LogP contribution in [0.1, 0.15) is 15.5 Å². The Hall–Kier alpha value is -3.01. The van der Waals surface area contributed by atoms with Gasteiger partial charge in [-0.2, -0.15) is 0 Å². The van der Waals surface area contributed by atoms with E-state index in [4.69, 9.17) is 16.3 Å². The van der Waals surface area contributed by atoms with Crippen LogP contribution in [0.25, 0.3) is 0 Å². The summed E-state index contributed by atoms with van der Waals surface area (Å²) in [5.74, 6) is -1.06. The largest absolute Gasteiger partial charge is 0.383 e. The summed E-state index contributed by atoms with van der Waals surface area (Å²) in [4.78, 5) is 30.9. The zero-order chi connectivity index (χ0) is 22.2. The number of rotatable bonds is 8. The summed E-state index contributed by atoms with van der Waals surface area (Å²) in [6.45, 7) is 0.821. The first kappa shape index (κ1) is 22.7. The Morgan fingerprint density at radius 1 is 1.19 bits per heavy atom. The Labute approximate surface area is 187 Å². The van der Waals surface area contributed by atoms with Gasteiger partial charge in [0.05, 0.1) is 18.8 Å². The van der Waals surface area contributed by atoms with Crippen molar-refractivity contribution >= 4 is 46.3 Å². The molecule has 0 saturated heterocycles. The molecule has 2 N–H and O–H groups in total. The van der Waals surface area contributed by atoms with Crippen LogP contribution < -0.4 is 10.6 Å². The first-order valence-electron chi connectivity index (χ1n) is 9.27. The van der Waals surface area contributed by atoms with Gasteiger partial charge in [0.1, 0.15) is 16.5 Å². The van der Waals surface area contributed by atoms with Crippen molar-refractivity contribution in [3.8, 4) is 0 Å². The first-order valence-corrected chi connectivity index (χ1v) is 10.5. The maximum atomic E-state index is 13.8. The minimum atomic E-state index is -0.533.